The summed E-state index contributed by atoms with van der Waals surface area (Å²) in [6.07, 6.45) is -0.0487. The van der Waals surface area contributed by atoms with Crippen molar-refractivity contribution in [1.82, 2.24) is 10.2 Å². The third-order valence-corrected chi connectivity index (χ3v) is 7.02. The van der Waals surface area contributed by atoms with Crippen LogP contribution in [0.25, 0.3) is 0 Å². The van der Waals surface area contributed by atoms with Gasteiger partial charge < -0.3 is 15.1 Å². The Balaban J connectivity index is 1.55. The van der Waals surface area contributed by atoms with Gasteiger partial charge >= 0.3 is 0 Å². The van der Waals surface area contributed by atoms with Gasteiger partial charge in [0.1, 0.15) is 0 Å². The second-order valence-electron chi connectivity index (χ2n) is 7.58. The number of benzene rings is 2. The zero-order valence-electron chi connectivity index (χ0n) is 17.1. The van der Waals surface area contributed by atoms with E-state index in [1.807, 2.05) is 25.1 Å². The van der Waals surface area contributed by atoms with Crippen LogP contribution in [0.15, 0.2) is 53.4 Å². The van der Waals surface area contributed by atoms with Gasteiger partial charge in [-0.05, 0) is 37.7 Å². The topological polar surface area (TPSA) is 69.7 Å². The number of rotatable bonds is 7. The predicted molar refractivity (Wildman–Crippen MR) is 116 cm³/mol. The summed E-state index contributed by atoms with van der Waals surface area (Å²) in [5, 5.41) is 2.88. The second-order valence-corrected chi connectivity index (χ2v) is 9.69. The number of hydrogen-bond donors (Lipinski definition) is 1. The van der Waals surface area contributed by atoms with Gasteiger partial charge in [-0.3, -0.25) is 4.79 Å². The summed E-state index contributed by atoms with van der Waals surface area (Å²) in [6, 6.07) is 14.8. The fraction of sp³-hybridized carbons (Fsp3) is 0.409. The van der Waals surface area contributed by atoms with Crippen LogP contribution in [0.2, 0.25) is 0 Å². The summed E-state index contributed by atoms with van der Waals surface area (Å²) in [7, 11) is -1.34. The van der Waals surface area contributed by atoms with Crippen molar-refractivity contribution in [2.75, 3.05) is 43.9 Å². The van der Waals surface area contributed by atoms with Crippen LogP contribution in [-0.4, -0.2) is 58.2 Å². The minimum absolute atomic E-state index is 0.0487. The minimum atomic E-state index is -3.46. The molecule has 0 saturated carbocycles. The molecule has 1 aliphatic heterocycles. The van der Waals surface area contributed by atoms with Crippen molar-refractivity contribution in [3.05, 3.63) is 59.7 Å². The summed E-state index contributed by atoms with van der Waals surface area (Å²) >= 11 is 0. The number of para-hydroxylation sites is 1. The van der Waals surface area contributed by atoms with E-state index in [2.05, 4.69) is 28.2 Å². The number of carbonyl (C=O) groups excluding carboxylic acids is 1. The number of nitrogens with one attached hydrogen (secondary N) is 1. The molecule has 6 nitrogen and oxygen atoms in total. The van der Waals surface area contributed by atoms with E-state index in [9.17, 15) is 13.2 Å². The van der Waals surface area contributed by atoms with E-state index in [0.29, 0.717) is 6.54 Å². The Bertz CT molecular complexity index is 934. The SMILES string of the molecule is Cc1ccc(S(=O)(=O)CCC(=O)NCc2ccccc2N2CCN(C)CC2)cc1. The second kappa shape index (κ2) is 9.41. The molecule has 0 spiro atoms. The van der Waals surface area contributed by atoms with Crippen LogP contribution in [0.1, 0.15) is 17.5 Å². The molecule has 29 heavy (non-hydrogen) atoms. The molecule has 0 unspecified atom stereocenters. The average Bonchev–Trinajstić information content (AvgIpc) is 2.72. The van der Waals surface area contributed by atoms with Gasteiger partial charge in [-0.1, -0.05) is 35.9 Å². The molecule has 1 amide bonds. The molecule has 0 radical (unpaired) electrons. The number of carbonyl (C=O) groups is 1. The van der Waals surface area contributed by atoms with E-state index >= 15 is 0 Å². The van der Waals surface area contributed by atoms with E-state index < -0.39 is 9.84 Å². The molecule has 0 bridgehead atoms. The number of anilines is 1. The maximum atomic E-state index is 12.4. The Morgan fingerprint density at radius 3 is 2.34 bits per heavy atom. The molecule has 1 aliphatic rings. The molecule has 156 valence electrons. The summed E-state index contributed by atoms with van der Waals surface area (Å²) in [5.41, 5.74) is 3.18. The fourth-order valence-electron chi connectivity index (χ4n) is 3.39. The lowest BCUT2D eigenvalue weighted by Crippen LogP contribution is -2.45. The lowest BCUT2D eigenvalue weighted by molar-refractivity contribution is -0.120. The highest BCUT2D eigenvalue weighted by Crippen LogP contribution is 2.21. The van der Waals surface area contributed by atoms with Crippen LogP contribution >= 0.6 is 0 Å². The maximum Gasteiger partial charge on any atom is 0.221 e. The first kappa shape index (κ1) is 21.3. The molecule has 2 aromatic rings. The van der Waals surface area contributed by atoms with Crippen LogP contribution < -0.4 is 10.2 Å². The minimum Gasteiger partial charge on any atom is -0.369 e. The van der Waals surface area contributed by atoms with Gasteiger partial charge in [0.05, 0.1) is 10.6 Å². The normalized spacial score (nSPS) is 15.3. The molecular formula is C22H29N3O3S. The summed E-state index contributed by atoms with van der Waals surface area (Å²) in [6.45, 7) is 6.23. The molecule has 2 aromatic carbocycles. The first-order valence-electron chi connectivity index (χ1n) is 9.93. The highest BCUT2D eigenvalue weighted by atomic mass is 32.2. The van der Waals surface area contributed by atoms with E-state index in [1.165, 1.54) is 0 Å². The van der Waals surface area contributed by atoms with Gasteiger partial charge in [-0.25, -0.2) is 8.42 Å². The van der Waals surface area contributed by atoms with Gasteiger partial charge in [0.25, 0.3) is 0 Å². The molecule has 1 heterocycles. The predicted octanol–water partition coefficient (Wildman–Crippen LogP) is 2.23. The highest BCUT2D eigenvalue weighted by Gasteiger charge is 2.18. The Morgan fingerprint density at radius 2 is 1.66 bits per heavy atom. The number of hydrogen-bond acceptors (Lipinski definition) is 5. The van der Waals surface area contributed by atoms with Crippen molar-refractivity contribution >= 4 is 21.4 Å². The lowest BCUT2D eigenvalue weighted by atomic mass is 10.1. The Morgan fingerprint density at radius 1 is 1.00 bits per heavy atom. The van der Waals surface area contributed by atoms with Gasteiger partial charge in [-0.15, -0.1) is 0 Å². The van der Waals surface area contributed by atoms with Crippen molar-refractivity contribution in [2.45, 2.75) is 24.8 Å². The fourth-order valence-corrected chi connectivity index (χ4v) is 4.63. The summed E-state index contributed by atoms with van der Waals surface area (Å²) in [4.78, 5) is 17.2. The standard InChI is InChI=1S/C22H29N3O3S/c1-18-7-9-20(10-8-18)29(27,28)16-11-22(26)23-17-19-5-3-4-6-21(19)25-14-12-24(2)13-15-25/h3-10H,11-17H2,1-2H3,(H,23,26). The number of aryl methyl sites for hydroxylation is 1. The van der Waals surface area contributed by atoms with E-state index in [4.69, 9.17) is 0 Å². The average molecular weight is 416 g/mol. The maximum absolute atomic E-state index is 12.4. The number of amides is 1. The van der Waals surface area contributed by atoms with Crippen LogP contribution in [0.3, 0.4) is 0 Å². The third kappa shape index (κ3) is 5.81. The molecule has 0 atom stereocenters. The van der Waals surface area contributed by atoms with Gasteiger partial charge in [0.2, 0.25) is 5.91 Å². The van der Waals surface area contributed by atoms with E-state index in [-0.39, 0.29) is 23.0 Å². The number of nitrogens with zero attached hydrogens (tertiary/aromatic N) is 2. The number of likely N-dealkylation sites (N-methyl/N-ethyl adjacent to an activating group) is 1. The van der Waals surface area contributed by atoms with Gasteiger partial charge in [0.15, 0.2) is 9.84 Å². The molecule has 0 aliphatic carbocycles. The zero-order chi connectivity index (χ0) is 20.9. The molecule has 1 fully saturated rings. The van der Waals surface area contributed by atoms with Gasteiger partial charge in [-0.2, -0.15) is 0 Å². The quantitative estimate of drug-likeness (QED) is 0.751. The number of sulfone groups is 1. The monoisotopic (exact) mass is 415 g/mol. The Hall–Kier alpha value is -2.38. The highest BCUT2D eigenvalue weighted by molar-refractivity contribution is 7.91. The first-order chi connectivity index (χ1) is 13.8. The summed E-state index contributed by atoms with van der Waals surface area (Å²) < 4.78 is 24.8. The lowest BCUT2D eigenvalue weighted by Gasteiger charge is -2.35. The van der Waals surface area contributed by atoms with Crippen molar-refractivity contribution in [2.24, 2.45) is 0 Å². The van der Waals surface area contributed by atoms with Crippen LogP contribution in [-0.2, 0) is 21.2 Å². The third-order valence-electron chi connectivity index (χ3n) is 5.29. The van der Waals surface area contributed by atoms with Crippen LogP contribution in [0.4, 0.5) is 5.69 Å². The van der Waals surface area contributed by atoms with E-state index in [0.717, 1.165) is 43.0 Å². The largest absolute Gasteiger partial charge is 0.369 e. The zero-order valence-corrected chi connectivity index (χ0v) is 17.9. The van der Waals surface area contributed by atoms with Crippen LogP contribution in [0.5, 0.6) is 0 Å². The van der Waals surface area contributed by atoms with Crippen molar-refractivity contribution in [3.8, 4) is 0 Å². The van der Waals surface area contributed by atoms with Crippen LogP contribution in [0, 0.1) is 6.92 Å². The molecule has 0 aromatic heterocycles. The summed E-state index contributed by atoms with van der Waals surface area (Å²) in [5.74, 6) is -0.448. The number of piperazine rings is 1. The van der Waals surface area contributed by atoms with Gasteiger partial charge in [0, 0.05) is 44.8 Å². The Labute approximate surface area is 173 Å². The smallest absolute Gasteiger partial charge is 0.221 e. The first-order valence-corrected chi connectivity index (χ1v) is 11.6. The molecule has 7 heteroatoms. The molecular weight excluding hydrogens is 386 g/mol. The van der Waals surface area contributed by atoms with E-state index in [1.54, 1.807) is 24.3 Å². The molecule has 1 N–H and O–H groups in total. The molecule has 1 saturated heterocycles. The van der Waals surface area contributed by atoms with Crippen molar-refractivity contribution < 1.29 is 13.2 Å². The molecule has 3 rings (SSSR count). The van der Waals surface area contributed by atoms with Crippen molar-refractivity contribution in [1.29, 1.82) is 0 Å². The Kier molecular flexibility index (Phi) is 6.92. The van der Waals surface area contributed by atoms with Crippen molar-refractivity contribution in [3.63, 3.8) is 0 Å².